The molecule has 0 radical (unpaired) electrons. The monoisotopic (exact) mass is 347 g/mol. The molecule has 1 heterocycles. The molecule has 4 heteroatoms. The number of benzene rings is 2. The second-order valence-electron chi connectivity index (χ2n) is 7.03. The summed E-state index contributed by atoms with van der Waals surface area (Å²) in [7, 11) is 0. The summed E-state index contributed by atoms with van der Waals surface area (Å²) in [6.45, 7) is 9.23. The summed E-state index contributed by atoms with van der Waals surface area (Å²) in [5.74, 6) is -0.287. The molecule has 0 amide bonds. The summed E-state index contributed by atoms with van der Waals surface area (Å²) in [6.07, 6.45) is 3.76. The molecule has 1 aliphatic heterocycles. The van der Waals surface area contributed by atoms with Crippen LogP contribution < -0.4 is 4.90 Å². The number of aliphatic imine (C=N–C) groups is 1. The zero-order chi connectivity index (χ0) is 18.9. The largest absolute Gasteiger partial charge is 0.363 e. The Morgan fingerprint density at radius 3 is 2.54 bits per heavy atom. The molecule has 2 aromatic rings. The summed E-state index contributed by atoms with van der Waals surface area (Å²) in [6, 6.07) is 12.4. The Labute approximate surface area is 154 Å². The first-order valence-electron chi connectivity index (χ1n) is 8.71. The van der Waals surface area contributed by atoms with Crippen molar-refractivity contribution in [1.82, 2.24) is 0 Å². The van der Waals surface area contributed by atoms with E-state index in [1.54, 1.807) is 36.5 Å². The van der Waals surface area contributed by atoms with Crippen LogP contribution in [0.15, 0.2) is 47.5 Å². The fourth-order valence-corrected chi connectivity index (χ4v) is 3.56. The molecule has 0 fully saturated rings. The number of anilines is 1. The molecule has 0 N–H and O–H groups in total. The van der Waals surface area contributed by atoms with E-state index in [0.717, 1.165) is 23.4 Å². The zero-order valence-corrected chi connectivity index (χ0v) is 15.5. The Balaban J connectivity index is 1.99. The first-order chi connectivity index (χ1) is 12.4. The standard InChI is InChI=1S/C22H22FN3/c1-5-26-21-11-20(23)17(10-19(21)15(2)12-22(26,3)4)14-25-18-8-6-16(13-24)7-9-18/h6-12,14H,5H2,1-4H3. The van der Waals surface area contributed by atoms with E-state index in [2.05, 4.69) is 49.7 Å². The number of allylic oxidation sites excluding steroid dienone is 1. The van der Waals surface area contributed by atoms with Gasteiger partial charge in [-0.3, -0.25) is 4.99 Å². The molecule has 26 heavy (non-hydrogen) atoms. The van der Waals surface area contributed by atoms with Gasteiger partial charge in [-0.2, -0.15) is 5.26 Å². The molecule has 0 saturated carbocycles. The van der Waals surface area contributed by atoms with Gasteiger partial charge in [0.1, 0.15) is 5.82 Å². The molecule has 0 saturated heterocycles. The molecule has 0 aliphatic carbocycles. The molecule has 132 valence electrons. The van der Waals surface area contributed by atoms with Crippen LogP contribution in [-0.4, -0.2) is 18.3 Å². The van der Waals surface area contributed by atoms with Crippen LogP contribution in [0.4, 0.5) is 15.8 Å². The van der Waals surface area contributed by atoms with Crippen molar-refractivity contribution in [2.75, 3.05) is 11.4 Å². The summed E-state index contributed by atoms with van der Waals surface area (Å²) < 4.78 is 14.7. The predicted molar refractivity (Wildman–Crippen MR) is 106 cm³/mol. The molecular formula is C22H22FN3. The first-order valence-corrected chi connectivity index (χ1v) is 8.71. The molecule has 3 rings (SSSR count). The first kappa shape index (κ1) is 17.9. The average Bonchev–Trinajstić information content (AvgIpc) is 2.60. The van der Waals surface area contributed by atoms with Gasteiger partial charge in [0.15, 0.2) is 0 Å². The van der Waals surface area contributed by atoms with Crippen molar-refractivity contribution in [2.45, 2.75) is 33.2 Å². The highest BCUT2D eigenvalue weighted by molar-refractivity contribution is 5.89. The summed E-state index contributed by atoms with van der Waals surface area (Å²) >= 11 is 0. The van der Waals surface area contributed by atoms with Crippen LogP contribution in [0, 0.1) is 17.1 Å². The minimum Gasteiger partial charge on any atom is -0.363 e. The fourth-order valence-electron chi connectivity index (χ4n) is 3.56. The van der Waals surface area contributed by atoms with Gasteiger partial charge in [0, 0.05) is 29.6 Å². The Bertz CT molecular complexity index is 931. The Morgan fingerprint density at radius 2 is 1.92 bits per heavy atom. The second kappa shape index (κ2) is 6.76. The van der Waals surface area contributed by atoms with Crippen molar-refractivity contribution in [2.24, 2.45) is 4.99 Å². The molecule has 2 aromatic carbocycles. The smallest absolute Gasteiger partial charge is 0.134 e. The Morgan fingerprint density at radius 1 is 1.23 bits per heavy atom. The van der Waals surface area contributed by atoms with Gasteiger partial charge in [0.05, 0.1) is 22.9 Å². The highest BCUT2D eigenvalue weighted by atomic mass is 19.1. The van der Waals surface area contributed by atoms with Crippen LogP contribution in [0.2, 0.25) is 0 Å². The number of nitrogens with zero attached hydrogens (tertiary/aromatic N) is 3. The number of fused-ring (bicyclic) bond motifs is 1. The van der Waals surface area contributed by atoms with Gasteiger partial charge in [0.25, 0.3) is 0 Å². The maximum absolute atomic E-state index is 14.7. The van der Waals surface area contributed by atoms with E-state index >= 15 is 0 Å². The van der Waals surface area contributed by atoms with Gasteiger partial charge < -0.3 is 4.90 Å². The number of halogens is 1. The van der Waals surface area contributed by atoms with E-state index in [0.29, 0.717) is 16.8 Å². The van der Waals surface area contributed by atoms with E-state index < -0.39 is 0 Å². The average molecular weight is 347 g/mol. The second-order valence-corrected chi connectivity index (χ2v) is 7.03. The summed E-state index contributed by atoms with van der Waals surface area (Å²) in [4.78, 5) is 6.56. The lowest BCUT2D eigenvalue weighted by Crippen LogP contribution is -2.45. The van der Waals surface area contributed by atoms with Crippen LogP contribution in [0.1, 0.15) is 44.4 Å². The highest BCUT2D eigenvalue weighted by Gasteiger charge is 2.30. The minimum atomic E-state index is -0.287. The Kier molecular flexibility index (Phi) is 4.65. The van der Waals surface area contributed by atoms with Crippen LogP contribution in [0.25, 0.3) is 5.57 Å². The van der Waals surface area contributed by atoms with Gasteiger partial charge >= 0.3 is 0 Å². The van der Waals surface area contributed by atoms with Crippen molar-refractivity contribution in [3.63, 3.8) is 0 Å². The Hall–Kier alpha value is -2.93. The maximum atomic E-state index is 14.7. The number of likely N-dealkylation sites (N-methyl/N-ethyl adjacent to an activating group) is 1. The normalized spacial score (nSPS) is 15.5. The van der Waals surface area contributed by atoms with Gasteiger partial charge in [0.2, 0.25) is 0 Å². The maximum Gasteiger partial charge on any atom is 0.134 e. The molecule has 3 nitrogen and oxygen atoms in total. The summed E-state index contributed by atoms with van der Waals surface area (Å²) in [5.41, 5.74) is 4.67. The topological polar surface area (TPSA) is 39.4 Å². The molecule has 0 aromatic heterocycles. The van der Waals surface area contributed by atoms with Crippen LogP contribution >= 0.6 is 0 Å². The van der Waals surface area contributed by atoms with E-state index in [1.807, 2.05) is 6.07 Å². The number of hydrogen-bond donors (Lipinski definition) is 0. The van der Waals surface area contributed by atoms with E-state index in [1.165, 1.54) is 0 Å². The van der Waals surface area contributed by atoms with Crippen molar-refractivity contribution in [1.29, 1.82) is 5.26 Å². The third-order valence-electron chi connectivity index (χ3n) is 4.76. The van der Waals surface area contributed by atoms with Gasteiger partial charge in [-0.05, 0) is 69.7 Å². The van der Waals surface area contributed by atoms with Crippen molar-refractivity contribution in [3.05, 3.63) is 65.0 Å². The number of rotatable bonds is 3. The fraction of sp³-hybridized carbons (Fsp3) is 0.273. The van der Waals surface area contributed by atoms with Crippen molar-refractivity contribution < 1.29 is 4.39 Å². The zero-order valence-electron chi connectivity index (χ0n) is 15.5. The third-order valence-corrected chi connectivity index (χ3v) is 4.76. The third kappa shape index (κ3) is 3.25. The number of hydrogen-bond acceptors (Lipinski definition) is 3. The van der Waals surface area contributed by atoms with E-state index in [-0.39, 0.29) is 11.4 Å². The number of nitriles is 1. The quantitative estimate of drug-likeness (QED) is 0.691. The SMILES string of the molecule is CCN1c2cc(F)c(C=Nc3ccc(C#N)cc3)cc2C(C)=CC1(C)C. The van der Waals surface area contributed by atoms with Gasteiger partial charge in [-0.15, -0.1) is 0 Å². The lowest BCUT2D eigenvalue weighted by atomic mass is 9.88. The molecule has 0 unspecified atom stereocenters. The van der Waals surface area contributed by atoms with Crippen LogP contribution in [0.3, 0.4) is 0 Å². The van der Waals surface area contributed by atoms with Gasteiger partial charge in [-0.25, -0.2) is 4.39 Å². The predicted octanol–water partition coefficient (Wildman–Crippen LogP) is 5.47. The lowest BCUT2D eigenvalue weighted by Gasteiger charge is -2.42. The van der Waals surface area contributed by atoms with E-state index in [9.17, 15) is 4.39 Å². The molecular weight excluding hydrogens is 325 g/mol. The van der Waals surface area contributed by atoms with Gasteiger partial charge in [-0.1, -0.05) is 6.08 Å². The molecule has 0 spiro atoms. The van der Waals surface area contributed by atoms with Crippen LogP contribution in [-0.2, 0) is 0 Å². The van der Waals surface area contributed by atoms with Crippen molar-refractivity contribution >= 4 is 23.2 Å². The molecule has 0 atom stereocenters. The summed E-state index contributed by atoms with van der Waals surface area (Å²) in [5, 5.41) is 8.84. The highest BCUT2D eigenvalue weighted by Crippen LogP contribution is 2.39. The molecule has 0 bridgehead atoms. The molecule has 1 aliphatic rings. The minimum absolute atomic E-state index is 0.142. The van der Waals surface area contributed by atoms with Crippen LogP contribution in [0.5, 0.6) is 0 Å². The van der Waals surface area contributed by atoms with E-state index in [4.69, 9.17) is 5.26 Å². The lowest BCUT2D eigenvalue weighted by molar-refractivity contribution is 0.561. The van der Waals surface area contributed by atoms with Crippen molar-refractivity contribution in [3.8, 4) is 6.07 Å².